The van der Waals surface area contributed by atoms with Crippen molar-refractivity contribution < 1.29 is 14.6 Å². The van der Waals surface area contributed by atoms with E-state index in [-0.39, 0.29) is 19.4 Å². The van der Waals surface area contributed by atoms with Crippen LogP contribution < -0.4 is 14.8 Å². The summed E-state index contributed by atoms with van der Waals surface area (Å²) in [7, 11) is 0. The van der Waals surface area contributed by atoms with Crippen molar-refractivity contribution in [3.05, 3.63) is 23.8 Å². The van der Waals surface area contributed by atoms with Gasteiger partial charge in [-0.3, -0.25) is 4.90 Å². The first kappa shape index (κ1) is 17.9. The topological polar surface area (TPSA) is 54.0 Å². The molecule has 134 valence electrons. The summed E-state index contributed by atoms with van der Waals surface area (Å²) in [5.74, 6) is 4.07. The quantitative estimate of drug-likeness (QED) is 0.632. The second-order valence-corrected chi connectivity index (χ2v) is 7.45. The van der Waals surface area contributed by atoms with Gasteiger partial charge >= 0.3 is 0 Å². The number of hydrogen-bond acceptors (Lipinski definition) is 6. The second-order valence-electron chi connectivity index (χ2n) is 6.37. The van der Waals surface area contributed by atoms with E-state index in [1.165, 1.54) is 44.0 Å². The predicted molar refractivity (Wildman–Crippen MR) is 97.8 cm³/mol. The summed E-state index contributed by atoms with van der Waals surface area (Å²) in [6.07, 6.45) is 4.98. The van der Waals surface area contributed by atoms with Crippen LogP contribution in [0.2, 0.25) is 0 Å². The molecule has 6 heteroatoms. The minimum absolute atomic E-state index is 0.0406. The van der Waals surface area contributed by atoms with Crippen LogP contribution in [-0.4, -0.2) is 54.7 Å². The molecule has 1 aromatic rings. The van der Waals surface area contributed by atoms with Crippen molar-refractivity contribution in [3.63, 3.8) is 0 Å². The molecule has 2 aliphatic heterocycles. The van der Waals surface area contributed by atoms with Crippen molar-refractivity contribution in [1.82, 2.24) is 10.2 Å². The summed E-state index contributed by atoms with van der Waals surface area (Å²) in [6, 6.07) is 5.83. The molecule has 0 radical (unpaired) electrons. The molecule has 0 spiro atoms. The lowest BCUT2D eigenvalue weighted by molar-refractivity contribution is 0.174. The molecule has 0 bridgehead atoms. The van der Waals surface area contributed by atoms with Crippen molar-refractivity contribution in [2.24, 2.45) is 0 Å². The van der Waals surface area contributed by atoms with Crippen molar-refractivity contribution in [1.29, 1.82) is 0 Å². The molecule has 24 heavy (non-hydrogen) atoms. The summed E-state index contributed by atoms with van der Waals surface area (Å²) < 4.78 is 10.7. The molecule has 0 saturated carbocycles. The molecule has 2 heterocycles. The average molecular weight is 353 g/mol. The van der Waals surface area contributed by atoms with E-state index >= 15 is 0 Å². The first-order valence-electron chi connectivity index (χ1n) is 8.91. The summed E-state index contributed by atoms with van der Waals surface area (Å²) in [5.41, 5.74) is 1.05. The van der Waals surface area contributed by atoms with E-state index < -0.39 is 0 Å². The van der Waals surface area contributed by atoms with Gasteiger partial charge in [-0.1, -0.05) is 18.9 Å². The molecule has 2 N–H and O–H groups in total. The fraction of sp³-hybridized carbons (Fsp3) is 0.667. The van der Waals surface area contributed by atoms with Gasteiger partial charge in [0.25, 0.3) is 0 Å². The molecule has 0 aromatic heterocycles. The lowest BCUT2D eigenvalue weighted by Gasteiger charge is -2.17. The van der Waals surface area contributed by atoms with E-state index in [0.29, 0.717) is 0 Å². The van der Waals surface area contributed by atoms with Crippen LogP contribution in [0.4, 0.5) is 0 Å². The molecule has 0 amide bonds. The summed E-state index contributed by atoms with van der Waals surface area (Å²) in [6.45, 7) is 3.81. The highest BCUT2D eigenvalue weighted by Crippen LogP contribution is 2.34. The predicted octanol–water partition coefficient (Wildman–Crippen LogP) is 2.61. The second kappa shape index (κ2) is 9.51. The average Bonchev–Trinajstić information content (AvgIpc) is 3.28. The van der Waals surface area contributed by atoms with Crippen LogP contribution >= 0.6 is 11.8 Å². The number of fused-ring (bicyclic) bond motifs is 1. The van der Waals surface area contributed by atoms with Crippen LogP contribution in [0.15, 0.2) is 18.2 Å². The van der Waals surface area contributed by atoms with Gasteiger partial charge in [0.05, 0.1) is 12.6 Å². The first-order valence-corrected chi connectivity index (χ1v) is 10.1. The molecule has 3 rings (SSSR count). The Bertz CT molecular complexity index is 509. The normalized spacial score (nSPS) is 18.2. The zero-order valence-electron chi connectivity index (χ0n) is 14.2. The van der Waals surface area contributed by atoms with Crippen LogP contribution in [0.5, 0.6) is 11.5 Å². The highest BCUT2D eigenvalue weighted by molar-refractivity contribution is 7.99. The molecule has 1 unspecified atom stereocenters. The Hall–Kier alpha value is -0.950. The van der Waals surface area contributed by atoms with E-state index in [1.807, 2.05) is 30.0 Å². The minimum atomic E-state index is -0.0406. The van der Waals surface area contributed by atoms with Gasteiger partial charge in [-0.2, -0.15) is 0 Å². The third kappa shape index (κ3) is 5.02. The van der Waals surface area contributed by atoms with E-state index in [2.05, 4.69) is 10.2 Å². The highest BCUT2D eigenvalue weighted by atomic mass is 32.2. The number of ether oxygens (including phenoxy) is 2. The molecule has 1 fully saturated rings. The maximum atomic E-state index is 9.65. The summed E-state index contributed by atoms with van der Waals surface area (Å²) in [5, 5.41) is 13.1. The smallest absolute Gasteiger partial charge is 0.231 e. The zero-order valence-corrected chi connectivity index (χ0v) is 15.0. The van der Waals surface area contributed by atoms with E-state index in [1.54, 1.807) is 0 Å². The molecule has 1 aromatic carbocycles. The number of thioether (sulfide) groups is 1. The van der Waals surface area contributed by atoms with Gasteiger partial charge in [0.1, 0.15) is 0 Å². The van der Waals surface area contributed by atoms with Gasteiger partial charge in [0, 0.05) is 18.2 Å². The van der Waals surface area contributed by atoms with E-state index in [0.717, 1.165) is 30.0 Å². The summed E-state index contributed by atoms with van der Waals surface area (Å²) in [4.78, 5) is 2.55. The summed E-state index contributed by atoms with van der Waals surface area (Å²) >= 11 is 2.04. The number of aliphatic hydroxyl groups excluding tert-OH is 1. The zero-order chi connectivity index (χ0) is 16.6. The number of nitrogens with one attached hydrogen (secondary N) is 1. The van der Waals surface area contributed by atoms with Crippen molar-refractivity contribution >= 4 is 11.8 Å². The van der Waals surface area contributed by atoms with Crippen molar-refractivity contribution in [2.75, 3.05) is 44.7 Å². The van der Waals surface area contributed by atoms with Crippen LogP contribution in [0.25, 0.3) is 0 Å². The number of unbranched alkanes of at least 4 members (excludes halogenated alkanes) is 3. The fourth-order valence-corrected chi connectivity index (χ4v) is 4.17. The Morgan fingerprint density at radius 1 is 1.17 bits per heavy atom. The number of hydrogen-bond donors (Lipinski definition) is 2. The molecule has 5 nitrogen and oxygen atoms in total. The van der Waals surface area contributed by atoms with Gasteiger partial charge in [-0.25, -0.2) is 0 Å². The lowest BCUT2D eigenvalue weighted by atomic mass is 10.1. The van der Waals surface area contributed by atoms with Crippen molar-refractivity contribution in [2.45, 2.75) is 31.7 Å². The Labute approximate surface area is 148 Å². The first-order chi connectivity index (χ1) is 11.9. The maximum absolute atomic E-state index is 9.65. The fourth-order valence-electron chi connectivity index (χ4n) is 3.14. The third-order valence-corrected chi connectivity index (χ3v) is 5.62. The maximum Gasteiger partial charge on any atom is 0.231 e. The van der Waals surface area contributed by atoms with Gasteiger partial charge in [-0.15, -0.1) is 11.8 Å². The number of benzene rings is 1. The van der Waals surface area contributed by atoms with Gasteiger partial charge in [0.2, 0.25) is 6.79 Å². The van der Waals surface area contributed by atoms with Gasteiger partial charge < -0.3 is 19.9 Å². The lowest BCUT2D eigenvalue weighted by Crippen LogP contribution is -2.25. The van der Waals surface area contributed by atoms with Crippen LogP contribution in [0, 0.1) is 0 Å². The Balaban J connectivity index is 1.31. The molecule has 1 saturated heterocycles. The number of rotatable bonds is 10. The van der Waals surface area contributed by atoms with Crippen molar-refractivity contribution in [3.8, 4) is 11.5 Å². The highest BCUT2D eigenvalue weighted by Gasteiger charge is 2.17. The Morgan fingerprint density at radius 2 is 2.04 bits per heavy atom. The molecule has 1 atom stereocenters. The minimum Gasteiger partial charge on any atom is -0.454 e. The third-order valence-electron chi connectivity index (χ3n) is 4.60. The molecular weight excluding hydrogens is 324 g/mol. The van der Waals surface area contributed by atoms with Crippen LogP contribution in [-0.2, 0) is 0 Å². The van der Waals surface area contributed by atoms with Gasteiger partial charge in [0.15, 0.2) is 11.5 Å². The number of aliphatic hydroxyl groups is 1. The number of nitrogens with zero attached hydrogens (tertiary/aromatic N) is 1. The van der Waals surface area contributed by atoms with Crippen LogP contribution in [0.1, 0.15) is 37.3 Å². The molecule has 2 aliphatic rings. The van der Waals surface area contributed by atoms with E-state index in [4.69, 9.17) is 9.47 Å². The molecule has 0 aliphatic carbocycles. The SMILES string of the molecule is OCC(NCCCCCCN1CCSC1)c1ccc2c(c1)OCO2. The van der Waals surface area contributed by atoms with Gasteiger partial charge in [-0.05, 0) is 43.6 Å². The van der Waals surface area contributed by atoms with E-state index in [9.17, 15) is 5.11 Å². The monoisotopic (exact) mass is 352 g/mol. The Kier molecular flexibility index (Phi) is 7.08. The standard InChI is InChI=1S/C18H28N2O3S/c21-12-16(15-5-6-17-18(11-15)23-14-22-17)19-7-3-1-2-4-8-20-9-10-24-13-20/h5-6,11,16,19,21H,1-4,7-10,12-14H2. The Morgan fingerprint density at radius 3 is 2.88 bits per heavy atom. The molecular formula is C18H28N2O3S. The largest absolute Gasteiger partial charge is 0.454 e. The van der Waals surface area contributed by atoms with Crippen LogP contribution in [0.3, 0.4) is 0 Å².